The number of nitrogens with zero attached hydrogens (tertiary/aromatic N) is 1. The molecular weight excluding hydrogens is 305 g/mol. The summed E-state index contributed by atoms with van der Waals surface area (Å²) in [6.07, 6.45) is 1.78. The molecule has 0 aromatic heterocycles. The highest BCUT2D eigenvalue weighted by Gasteiger charge is 2.07. The summed E-state index contributed by atoms with van der Waals surface area (Å²) in [6, 6.07) is 14.9. The van der Waals surface area contributed by atoms with Gasteiger partial charge >= 0.3 is 0 Å². The van der Waals surface area contributed by atoms with E-state index >= 15 is 0 Å². The molecule has 0 heterocycles. The zero-order chi connectivity index (χ0) is 15.2. The summed E-state index contributed by atoms with van der Waals surface area (Å²) in [5, 5.41) is 10.3. The molecular formula is C17H13Cl2NO. The Morgan fingerprint density at radius 3 is 2.62 bits per heavy atom. The van der Waals surface area contributed by atoms with Crippen molar-refractivity contribution in [2.45, 2.75) is 6.92 Å². The van der Waals surface area contributed by atoms with Crippen molar-refractivity contribution in [3.63, 3.8) is 0 Å². The van der Waals surface area contributed by atoms with E-state index in [-0.39, 0.29) is 0 Å². The lowest BCUT2D eigenvalue weighted by Crippen LogP contribution is -1.93. The maximum atomic E-state index is 9.39. The number of benzene rings is 2. The van der Waals surface area contributed by atoms with Crippen molar-refractivity contribution >= 4 is 34.9 Å². The van der Waals surface area contributed by atoms with Crippen LogP contribution in [0.25, 0.3) is 11.6 Å². The Bertz CT molecular complexity index is 717. The lowest BCUT2D eigenvalue weighted by molar-refractivity contribution is 0.339. The quantitative estimate of drug-likeness (QED) is 0.554. The van der Waals surface area contributed by atoms with Crippen LogP contribution < -0.4 is 4.74 Å². The van der Waals surface area contributed by atoms with Gasteiger partial charge in [0.05, 0.1) is 28.3 Å². The van der Waals surface area contributed by atoms with Gasteiger partial charge in [-0.05, 0) is 36.8 Å². The van der Waals surface area contributed by atoms with Gasteiger partial charge in [0.25, 0.3) is 0 Å². The first-order valence-corrected chi connectivity index (χ1v) is 7.20. The molecule has 0 N–H and O–H groups in total. The summed E-state index contributed by atoms with van der Waals surface area (Å²) in [4.78, 5) is 0. The first-order chi connectivity index (χ1) is 10.2. The van der Waals surface area contributed by atoms with Crippen molar-refractivity contribution in [2.75, 3.05) is 6.61 Å². The number of rotatable bonds is 4. The highest BCUT2D eigenvalue weighted by atomic mass is 35.5. The second kappa shape index (κ2) is 7.17. The second-order valence-electron chi connectivity index (χ2n) is 4.27. The molecule has 0 radical (unpaired) electrons. The molecule has 0 atom stereocenters. The third-order valence-corrected chi connectivity index (χ3v) is 3.61. The third-order valence-electron chi connectivity index (χ3n) is 2.87. The molecule has 0 saturated heterocycles. The highest BCUT2D eigenvalue weighted by molar-refractivity contribution is 6.42. The molecule has 2 aromatic rings. The number of allylic oxidation sites excluding steroid dienone is 1. The van der Waals surface area contributed by atoms with Gasteiger partial charge < -0.3 is 4.74 Å². The van der Waals surface area contributed by atoms with Crippen LogP contribution in [0.3, 0.4) is 0 Å². The van der Waals surface area contributed by atoms with Crippen molar-refractivity contribution in [3.05, 3.63) is 63.6 Å². The van der Waals surface area contributed by atoms with E-state index in [0.717, 1.165) is 16.9 Å². The zero-order valence-corrected chi connectivity index (χ0v) is 12.9. The predicted octanol–water partition coefficient (Wildman–Crippen LogP) is 5.46. The van der Waals surface area contributed by atoms with Gasteiger partial charge in [-0.3, -0.25) is 0 Å². The first kappa shape index (κ1) is 15.4. The fourth-order valence-corrected chi connectivity index (χ4v) is 2.18. The summed E-state index contributed by atoms with van der Waals surface area (Å²) < 4.78 is 5.56. The molecule has 0 aliphatic heterocycles. The van der Waals surface area contributed by atoms with Crippen LogP contribution in [0.1, 0.15) is 18.1 Å². The molecule has 106 valence electrons. The topological polar surface area (TPSA) is 33.0 Å². The predicted molar refractivity (Wildman–Crippen MR) is 87.6 cm³/mol. The maximum absolute atomic E-state index is 9.39. The Hall–Kier alpha value is -1.95. The molecule has 0 aliphatic carbocycles. The maximum Gasteiger partial charge on any atom is 0.126 e. The average molecular weight is 318 g/mol. The zero-order valence-electron chi connectivity index (χ0n) is 11.4. The molecule has 0 aliphatic rings. The standard InChI is InChI=1S/C17H13Cl2NO/c1-2-21-17-6-4-3-5-13(17)9-14(11-20)12-7-8-15(18)16(19)10-12/h3-10H,2H2,1H3/b14-9-. The molecule has 0 saturated carbocycles. The molecule has 0 fully saturated rings. The fraction of sp³-hybridized carbons (Fsp3) is 0.118. The number of hydrogen-bond acceptors (Lipinski definition) is 2. The molecule has 0 bridgehead atoms. The first-order valence-electron chi connectivity index (χ1n) is 6.44. The van der Waals surface area contributed by atoms with E-state index in [1.165, 1.54) is 0 Å². The highest BCUT2D eigenvalue weighted by Crippen LogP contribution is 2.28. The van der Waals surface area contributed by atoms with Crippen molar-refractivity contribution in [2.24, 2.45) is 0 Å². The van der Waals surface area contributed by atoms with Crippen molar-refractivity contribution < 1.29 is 4.74 Å². The Kier molecular flexibility index (Phi) is 5.27. The van der Waals surface area contributed by atoms with Gasteiger partial charge in [0.2, 0.25) is 0 Å². The Morgan fingerprint density at radius 2 is 1.95 bits per heavy atom. The number of nitriles is 1. The number of halogens is 2. The second-order valence-corrected chi connectivity index (χ2v) is 5.08. The van der Waals surface area contributed by atoms with Gasteiger partial charge in [0, 0.05) is 5.56 Å². The lowest BCUT2D eigenvalue weighted by atomic mass is 10.0. The molecule has 0 amide bonds. The summed E-state index contributed by atoms with van der Waals surface area (Å²) in [6.45, 7) is 2.49. The van der Waals surface area contributed by atoms with E-state index < -0.39 is 0 Å². The van der Waals surface area contributed by atoms with Crippen LogP contribution in [-0.4, -0.2) is 6.61 Å². The van der Waals surface area contributed by atoms with Crippen molar-refractivity contribution in [1.82, 2.24) is 0 Å². The molecule has 2 aromatic carbocycles. The summed E-state index contributed by atoms with van der Waals surface area (Å²) >= 11 is 11.9. The normalized spacial score (nSPS) is 11.0. The van der Waals surface area contributed by atoms with Crippen LogP contribution in [-0.2, 0) is 0 Å². The molecule has 0 spiro atoms. The summed E-state index contributed by atoms with van der Waals surface area (Å²) in [5.74, 6) is 0.743. The largest absolute Gasteiger partial charge is 0.493 e. The number of ether oxygens (including phenoxy) is 1. The van der Waals surface area contributed by atoms with E-state index in [9.17, 15) is 5.26 Å². The van der Waals surface area contributed by atoms with Crippen LogP contribution in [0.2, 0.25) is 10.0 Å². The smallest absolute Gasteiger partial charge is 0.126 e. The minimum atomic E-state index is 0.424. The Balaban J connectivity index is 2.46. The van der Waals surface area contributed by atoms with E-state index in [0.29, 0.717) is 22.2 Å². The van der Waals surface area contributed by atoms with Gasteiger partial charge in [-0.25, -0.2) is 0 Å². The van der Waals surface area contributed by atoms with Crippen molar-refractivity contribution in [1.29, 1.82) is 5.26 Å². The molecule has 2 nitrogen and oxygen atoms in total. The van der Waals surface area contributed by atoms with Crippen molar-refractivity contribution in [3.8, 4) is 11.8 Å². The SMILES string of the molecule is CCOc1ccccc1/C=C(/C#N)c1ccc(Cl)c(Cl)c1. The van der Waals surface area contributed by atoms with E-state index in [2.05, 4.69) is 6.07 Å². The summed E-state index contributed by atoms with van der Waals surface area (Å²) in [7, 11) is 0. The monoisotopic (exact) mass is 317 g/mol. The Morgan fingerprint density at radius 1 is 1.19 bits per heavy atom. The molecule has 4 heteroatoms. The third kappa shape index (κ3) is 3.78. The van der Waals surface area contributed by atoms with Gasteiger partial charge in [-0.15, -0.1) is 0 Å². The lowest BCUT2D eigenvalue weighted by Gasteiger charge is -2.07. The average Bonchev–Trinajstić information content (AvgIpc) is 2.49. The fourth-order valence-electron chi connectivity index (χ4n) is 1.89. The molecule has 2 rings (SSSR count). The molecule has 21 heavy (non-hydrogen) atoms. The van der Waals surface area contributed by atoms with E-state index in [1.54, 1.807) is 24.3 Å². The van der Waals surface area contributed by atoms with Crippen LogP contribution in [0.5, 0.6) is 5.75 Å². The molecule has 0 unspecified atom stereocenters. The van der Waals surface area contributed by atoms with Crippen LogP contribution in [0.15, 0.2) is 42.5 Å². The Labute approximate surface area is 134 Å². The van der Waals surface area contributed by atoms with E-state index in [4.69, 9.17) is 27.9 Å². The van der Waals surface area contributed by atoms with Gasteiger partial charge in [-0.1, -0.05) is 47.5 Å². The minimum absolute atomic E-state index is 0.424. The minimum Gasteiger partial charge on any atom is -0.493 e. The van der Waals surface area contributed by atoms with Crippen LogP contribution >= 0.6 is 23.2 Å². The summed E-state index contributed by atoms with van der Waals surface area (Å²) in [5.41, 5.74) is 2.07. The van der Waals surface area contributed by atoms with Crippen LogP contribution in [0.4, 0.5) is 0 Å². The van der Waals surface area contributed by atoms with Gasteiger partial charge in [-0.2, -0.15) is 5.26 Å². The van der Waals surface area contributed by atoms with Gasteiger partial charge in [0.1, 0.15) is 5.75 Å². The van der Waals surface area contributed by atoms with Crippen LogP contribution in [0, 0.1) is 11.3 Å². The number of para-hydroxylation sites is 1. The van der Waals surface area contributed by atoms with Gasteiger partial charge in [0.15, 0.2) is 0 Å². The van der Waals surface area contributed by atoms with E-state index in [1.807, 2.05) is 31.2 Å². The number of hydrogen-bond donors (Lipinski definition) is 0.